The van der Waals surface area contributed by atoms with Gasteiger partial charge in [0.1, 0.15) is 30.5 Å². The Morgan fingerprint density at radius 3 is 1.65 bits per heavy atom. The molecule has 2 aromatic rings. The molecule has 0 spiro atoms. The van der Waals surface area contributed by atoms with Crippen LogP contribution in [0.2, 0.25) is 0 Å². The van der Waals surface area contributed by atoms with E-state index in [9.17, 15) is 30.3 Å². The summed E-state index contributed by atoms with van der Waals surface area (Å²) in [6.45, 7) is 0. The normalized spacial score (nSPS) is 31.4. The first kappa shape index (κ1) is 18.5. The second kappa shape index (κ2) is 7.53. The fourth-order valence-electron chi connectivity index (χ4n) is 3.08. The van der Waals surface area contributed by atoms with E-state index in [0.717, 1.165) is 11.1 Å². The summed E-state index contributed by atoms with van der Waals surface area (Å²) in [5.41, 5.74) is 2.21. The topological polar surface area (TPSA) is 130 Å². The molecule has 7 heteroatoms. The van der Waals surface area contributed by atoms with Crippen molar-refractivity contribution in [2.45, 2.75) is 36.6 Å². The van der Waals surface area contributed by atoms with Crippen LogP contribution in [0.1, 0.15) is 10.4 Å². The molecule has 1 amide bonds. The lowest BCUT2D eigenvalue weighted by atomic mass is 9.83. The highest BCUT2D eigenvalue weighted by atomic mass is 16.4. The predicted molar refractivity (Wildman–Crippen MR) is 93.2 cm³/mol. The number of rotatable bonds is 3. The van der Waals surface area contributed by atoms with Crippen molar-refractivity contribution in [3.05, 3.63) is 60.2 Å². The number of nitrogens with one attached hydrogen (secondary N) is 1. The average molecular weight is 359 g/mol. The van der Waals surface area contributed by atoms with Gasteiger partial charge in [-0.3, -0.25) is 4.79 Å². The molecule has 0 aromatic heterocycles. The third kappa shape index (κ3) is 3.48. The Labute approximate surface area is 150 Å². The molecule has 0 radical (unpaired) electrons. The minimum atomic E-state index is -1.70. The summed E-state index contributed by atoms with van der Waals surface area (Å²) in [6, 6.07) is 15.0. The molecule has 0 saturated heterocycles. The largest absolute Gasteiger partial charge is 0.388 e. The van der Waals surface area contributed by atoms with Gasteiger partial charge in [0.05, 0.1) is 6.04 Å². The highest BCUT2D eigenvalue weighted by Gasteiger charge is 2.48. The van der Waals surface area contributed by atoms with Crippen molar-refractivity contribution in [3.63, 3.8) is 0 Å². The van der Waals surface area contributed by atoms with Crippen molar-refractivity contribution < 1.29 is 30.3 Å². The van der Waals surface area contributed by atoms with E-state index in [2.05, 4.69) is 5.32 Å². The van der Waals surface area contributed by atoms with Gasteiger partial charge < -0.3 is 30.8 Å². The zero-order valence-electron chi connectivity index (χ0n) is 13.8. The third-order valence-corrected chi connectivity index (χ3v) is 4.69. The molecule has 1 aliphatic rings. The molecule has 1 fully saturated rings. The molecule has 26 heavy (non-hydrogen) atoms. The summed E-state index contributed by atoms with van der Waals surface area (Å²) in [6.07, 6.45) is -8.29. The first-order chi connectivity index (χ1) is 12.4. The molecule has 2 aromatic carbocycles. The van der Waals surface area contributed by atoms with Gasteiger partial charge in [-0.15, -0.1) is 0 Å². The molecule has 3 rings (SSSR count). The Balaban J connectivity index is 1.73. The standard InChI is InChI=1S/C19H21NO6/c21-14-13(15(22)17(24)18(25)16(14)23)20-19(26)12-8-6-11(7-9-12)10-4-2-1-3-5-10/h1-9,13-18,21-25H,(H,20,26)/t13?,14-,15+,16+,17-,18?. The van der Waals surface area contributed by atoms with E-state index in [4.69, 9.17) is 0 Å². The van der Waals surface area contributed by atoms with Crippen LogP contribution in [0.4, 0.5) is 0 Å². The zero-order valence-corrected chi connectivity index (χ0v) is 13.8. The van der Waals surface area contributed by atoms with E-state index in [-0.39, 0.29) is 0 Å². The average Bonchev–Trinajstić information content (AvgIpc) is 2.69. The van der Waals surface area contributed by atoms with E-state index >= 15 is 0 Å². The monoisotopic (exact) mass is 359 g/mol. The minimum Gasteiger partial charge on any atom is -0.388 e. The van der Waals surface area contributed by atoms with Crippen LogP contribution >= 0.6 is 0 Å². The Hall–Kier alpha value is -2.29. The number of carbonyl (C=O) groups excluding carboxylic acids is 1. The summed E-state index contributed by atoms with van der Waals surface area (Å²) in [4.78, 5) is 12.4. The van der Waals surface area contributed by atoms with E-state index in [1.54, 1.807) is 24.3 Å². The Morgan fingerprint density at radius 1 is 0.654 bits per heavy atom. The minimum absolute atomic E-state index is 0.291. The third-order valence-electron chi connectivity index (χ3n) is 4.69. The molecule has 0 bridgehead atoms. The Morgan fingerprint density at radius 2 is 1.12 bits per heavy atom. The van der Waals surface area contributed by atoms with Gasteiger partial charge in [-0.2, -0.15) is 0 Å². The second-order valence-electron chi connectivity index (χ2n) is 6.40. The van der Waals surface area contributed by atoms with Gasteiger partial charge in [0.25, 0.3) is 5.91 Å². The van der Waals surface area contributed by atoms with Crippen molar-refractivity contribution in [1.29, 1.82) is 0 Å². The molecule has 2 unspecified atom stereocenters. The fraction of sp³-hybridized carbons (Fsp3) is 0.316. The number of benzene rings is 2. The fourth-order valence-corrected chi connectivity index (χ4v) is 3.08. The van der Waals surface area contributed by atoms with Gasteiger partial charge in [0.2, 0.25) is 0 Å². The lowest BCUT2D eigenvalue weighted by Gasteiger charge is -2.42. The smallest absolute Gasteiger partial charge is 0.251 e. The van der Waals surface area contributed by atoms with Crippen LogP contribution in [0, 0.1) is 0 Å². The van der Waals surface area contributed by atoms with Crippen molar-refractivity contribution in [3.8, 4) is 11.1 Å². The maximum absolute atomic E-state index is 12.4. The van der Waals surface area contributed by atoms with Crippen molar-refractivity contribution >= 4 is 5.91 Å². The van der Waals surface area contributed by atoms with Crippen molar-refractivity contribution in [2.24, 2.45) is 0 Å². The second-order valence-corrected chi connectivity index (χ2v) is 6.40. The summed E-state index contributed by atoms with van der Waals surface area (Å²) in [5.74, 6) is -0.580. The van der Waals surface area contributed by atoms with Crippen LogP contribution < -0.4 is 5.32 Å². The molecule has 1 saturated carbocycles. The lowest BCUT2D eigenvalue weighted by molar-refractivity contribution is -0.188. The molecule has 0 heterocycles. The van der Waals surface area contributed by atoms with Gasteiger partial charge in [0, 0.05) is 5.56 Å². The van der Waals surface area contributed by atoms with Crippen LogP contribution in [0.5, 0.6) is 0 Å². The lowest BCUT2D eigenvalue weighted by Crippen LogP contribution is -2.68. The number of amides is 1. The van der Waals surface area contributed by atoms with Gasteiger partial charge in [-0.05, 0) is 23.3 Å². The van der Waals surface area contributed by atoms with E-state index in [1.165, 1.54) is 0 Å². The molecular weight excluding hydrogens is 338 g/mol. The Bertz CT molecular complexity index is 734. The van der Waals surface area contributed by atoms with Crippen molar-refractivity contribution in [2.75, 3.05) is 0 Å². The summed E-state index contributed by atoms with van der Waals surface area (Å²) in [7, 11) is 0. The molecule has 138 valence electrons. The molecule has 0 aliphatic heterocycles. The molecule has 7 nitrogen and oxygen atoms in total. The van der Waals surface area contributed by atoms with Crippen LogP contribution in [-0.4, -0.2) is 68.0 Å². The van der Waals surface area contributed by atoms with E-state index < -0.39 is 42.5 Å². The van der Waals surface area contributed by atoms with E-state index in [0.29, 0.717) is 5.56 Å². The number of hydrogen-bond donors (Lipinski definition) is 6. The highest BCUT2D eigenvalue weighted by molar-refractivity contribution is 5.95. The SMILES string of the molecule is O=C(NC1[C@@H](O)[C@H](O)C(O)[C@H](O)[C@H]1O)c1ccc(-c2ccccc2)cc1. The van der Waals surface area contributed by atoms with Crippen LogP contribution in [0.25, 0.3) is 11.1 Å². The highest BCUT2D eigenvalue weighted by Crippen LogP contribution is 2.23. The number of hydrogen-bond acceptors (Lipinski definition) is 6. The van der Waals surface area contributed by atoms with Crippen LogP contribution in [-0.2, 0) is 0 Å². The molecule has 1 aliphatic carbocycles. The first-order valence-electron chi connectivity index (χ1n) is 8.27. The van der Waals surface area contributed by atoms with E-state index in [1.807, 2.05) is 30.3 Å². The van der Waals surface area contributed by atoms with Crippen LogP contribution in [0.3, 0.4) is 0 Å². The summed E-state index contributed by atoms with van der Waals surface area (Å²) in [5, 5.41) is 51.4. The van der Waals surface area contributed by atoms with Crippen molar-refractivity contribution in [1.82, 2.24) is 5.32 Å². The quantitative estimate of drug-likeness (QED) is 0.429. The van der Waals surface area contributed by atoms with Gasteiger partial charge >= 0.3 is 0 Å². The summed E-state index contributed by atoms with van der Waals surface area (Å²) < 4.78 is 0. The first-order valence-corrected chi connectivity index (χ1v) is 8.27. The number of carbonyl (C=O) groups is 1. The predicted octanol–water partition coefficient (Wildman–Crippen LogP) is -0.730. The van der Waals surface area contributed by atoms with Gasteiger partial charge in [-0.1, -0.05) is 42.5 Å². The summed E-state index contributed by atoms with van der Waals surface area (Å²) >= 11 is 0. The maximum Gasteiger partial charge on any atom is 0.251 e. The van der Waals surface area contributed by atoms with Crippen LogP contribution in [0.15, 0.2) is 54.6 Å². The Kier molecular flexibility index (Phi) is 5.36. The molecule has 6 atom stereocenters. The number of aliphatic hydroxyl groups is 5. The zero-order chi connectivity index (χ0) is 18.8. The van der Waals surface area contributed by atoms with Gasteiger partial charge in [0.15, 0.2) is 0 Å². The molecular formula is C19H21NO6. The molecule has 6 N–H and O–H groups in total. The maximum atomic E-state index is 12.4. The van der Waals surface area contributed by atoms with Gasteiger partial charge in [-0.25, -0.2) is 0 Å². The number of aliphatic hydroxyl groups excluding tert-OH is 5.